The van der Waals surface area contributed by atoms with Gasteiger partial charge >= 0.3 is 0 Å². The molecule has 0 aromatic carbocycles. The Morgan fingerprint density at radius 2 is 2.00 bits per heavy atom. The van der Waals surface area contributed by atoms with Gasteiger partial charge in [-0.3, -0.25) is 0 Å². The lowest BCUT2D eigenvalue weighted by Crippen LogP contribution is -2.35. The van der Waals surface area contributed by atoms with Crippen LogP contribution in [0.5, 0.6) is 0 Å². The summed E-state index contributed by atoms with van der Waals surface area (Å²) in [5, 5.41) is 4.89. The molecule has 1 fully saturated rings. The second kappa shape index (κ2) is 5.28. The van der Waals surface area contributed by atoms with Gasteiger partial charge in [0, 0.05) is 23.7 Å². The van der Waals surface area contributed by atoms with Crippen molar-refractivity contribution in [1.29, 1.82) is 0 Å². The molecule has 90 valence electrons. The van der Waals surface area contributed by atoms with Gasteiger partial charge in [0.15, 0.2) is 0 Å². The highest BCUT2D eigenvalue weighted by Crippen LogP contribution is 2.28. The minimum absolute atomic E-state index is 0.697. The predicted molar refractivity (Wildman–Crippen MR) is 69.7 cm³/mol. The molecule has 0 saturated heterocycles. The molecule has 1 saturated carbocycles. The van der Waals surface area contributed by atoms with Crippen LogP contribution in [0.1, 0.15) is 43.0 Å². The Labute approximate surface area is 102 Å². The summed E-state index contributed by atoms with van der Waals surface area (Å²) < 4.78 is 0. The van der Waals surface area contributed by atoms with Crippen molar-refractivity contribution in [3.63, 3.8) is 0 Å². The first-order chi connectivity index (χ1) is 7.63. The van der Waals surface area contributed by atoms with E-state index in [1.807, 2.05) is 6.20 Å². The standard InChI is InChI=1S/C13H22N2S/c1-9-4-10(2)6-12(5-9)14-8-13-15-7-11(3)16-13/h7,9-10,12,14H,4-6,8H2,1-3H3. The summed E-state index contributed by atoms with van der Waals surface area (Å²) in [6.07, 6.45) is 6.02. The van der Waals surface area contributed by atoms with Gasteiger partial charge in [0.2, 0.25) is 0 Å². The van der Waals surface area contributed by atoms with E-state index in [0.29, 0.717) is 6.04 Å². The van der Waals surface area contributed by atoms with Crippen LogP contribution in [0.25, 0.3) is 0 Å². The number of hydrogen-bond acceptors (Lipinski definition) is 3. The molecule has 0 bridgehead atoms. The molecular weight excluding hydrogens is 216 g/mol. The van der Waals surface area contributed by atoms with E-state index < -0.39 is 0 Å². The summed E-state index contributed by atoms with van der Waals surface area (Å²) in [6.45, 7) is 7.81. The molecule has 0 spiro atoms. The van der Waals surface area contributed by atoms with E-state index in [0.717, 1.165) is 18.4 Å². The summed E-state index contributed by atoms with van der Waals surface area (Å²) in [5.41, 5.74) is 0. The number of thiazole rings is 1. The maximum absolute atomic E-state index is 4.39. The highest BCUT2D eigenvalue weighted by molar-refractivity contribution is 7.11. The molecule has 2 unspecified atom stereocenters. The number of aromatic nitrogens is 1. The van der Waals surface area contributed by atoms with Crippen molar-refractivity contribution in [3.8, 4) is 0 Å². The molecule has 1 aromatic rings. The second-order valence-electron chi connectivity index (χ2n) is 5.36. The topological polar surface area (TPSA) is 24.9 Å². The van der Waals surface area contributed by atoms with Crippen LogP contribution in [-0.4, -0.2) is 11.0 Å². The van der Waals surface area contributed by atoms with E-state index in [4.69, 9.17) is 0 Å². The number of hydrogen-bond donors (Lipinski definition) is 1. The van der Waals surface area contributed by atoms with Gasteiger partial charge in [-0.1, -0.05) is 13.8 Å². The van der Waals surface area contributed by atoms with Crippen molar-refractivity contribution in [3.05, 3.63) is 16.1 Å². The van der Waals surface area contributed by atoms with Crippen LogP contribution in [0.3, 0.4) is 0 Å². The fourth-order valence-electron chi connectivity index (χ4n) is 2.83. The quantitative estimate of drug-likeness (QED) is 0.873. The molecule has 16 heavy (non-hydrogen) atoms. The van der Waals surface area contributed by atoms with Gasteiger partial charge in [-0.2, -0.15) is 0 Å². The molecule has 1 aromatic heterocycles. The van der Waals surface area contributed by atoms with Crippen LogP contribution in [0.2, 0.25) is 0 Å². The van der Waals surface area contributed by atoms with Gasteiger partial charge < -0.3 is 5.32 Å². The first kappa shape index (κ1) is 12.1. The van der Waals surface area contributed by atoms with Crippen molar-refractivity contribution in [2.45, 2.75) is 52.6 Å². The molecule has 3 heteroatoms. The van der Waals surface area contributed by atoms with E-state index in [1.54, 1.807) is 11.3 Å². The van der Waals surface area contributed by atoms with Crippen LogP contribution in [-0.2, 0) is 6.54 Å². The summed E-state index contributed by atoms with van der Waals surface area (Å²) in [6, 6.07) is 0.697. The lowest BCUT2D eigenvalue weighted by atomic mass is 9.80. The third-order valence-electron chi connectivity index (χ3n) is 3.39. The zero-order valence-corrected chi connectivity index (χ0v) is 11.3. The first-order valence-electron chi connectivity index (χ1n) is 6.28. The highest BCUT2D eigenvalue weighted by atomic mass is 32.1. The Bertz CT molecular complexity index is 324. The zero-order chi connectivity index (χ0) is 11.5. The minimum Gasteiger partial charge on any atom is -0.308 e. The van der Waals surface area contributed by atoms with Gasteiger partial charge in [-0.15, -0.1) is 11.3 Å². The molecule has 1 heterocycles. The zero-order valence-electron chi connectivity index (χ0n) is 10.5. The average molecular weight is 238 g/mol. The van der Waals surface area contributed by atoms with Gasteiger partial charge in [0.05, 0.1) is 0 Å². The van der Waals surface area contributed by atoms with E-state index in [9.17, 15) is 0 Å². The molecule has 2 atom stereocenters. The molecule has 1 aliphatic carbocycles. The SMILES string of the molecule is Cc1cnc(CNC2CC(C)CC(C)C2)s1. The lowest BCUT2D eigenvalue weighted by molar-refractivity contribution is 0.238. The molecule has 0 aliphatic heterocycles. The summed E-state index contributed by atoms with van der Waals surface area (Å²) in [7, 11) is 0. The fourth-order valence-corrected chi connectivity index (χ4v) is 3.57. The van der Waals surface area contributed by atoms with Crippen LogP contribution < -0.4 is 5.32 Å². The van der Waals surface area contributed by atoms with Crippen molar-refractivity contribution in [2.75, 3.05) is 0 Å². The van der Waals surface area contributed by atoms with Gasteiger partial charge in [0.1, 0.15) is 5.01 Å². The van der Waals surface area contributed by atoms with Crippen molar-refractivity contribution in [2.24, 2.45) is 11.8 Å². The maximum Gasteiger partial charge on any atom is 0.107 e. The maximum atomic E-state index is 4.39. The van der Waals surface area contributed by atoms with Crippen LogP contribution in [0.15, 0.2) is 6.20 Å². The monoisotopic (exact) mass is 238 g/mol. The smallest absolute Gasteiger partial charge is 0.107 e. The average Bonchev–Trinajstić information content (AvgIpc) is 2.60. The van der Waals surface area contributed by atoms with E-state index in [1.165, 1.54) is 29.1 Å². The van der Waals surface area contributed by atoms with E-state index in [-0.39, 0.29) is 0 Å². The number of nitrogens with one attached hydrogen (secondary N) is 1. The normalized spacial score (nSPS) is 30.6. The molecule has 1 aliphatic rings. The van der Waals surface area contributed by atoms with Crippen LogP contribution >= 0.6 is 11.3 Å². The molecular formula is C13H22N2S. The van der Waals surface area contributed by atoms with Crippen molar-refractivity contribution in [1.82, 2.24) is 10.3 Å². The Hall–Kier alpha value is -0.410. The fraction of sp³-hybridized carbons (Fsp3) is 0.769. The van der Waals surface area contributed by atoms with Crippen molar-refractivity contribution >= 4 is 11.3 Å². The van der Waals surface area contributed by atoms with Crippen LogP contribution in [0.4, 0.5) is 0 Å². The third kappa shape index (κ3) is 3.29. The van der Waals surface area contributed by atoms with Gasteiger partial charge in [-0.25, -0.2) is 4.98 Å². The molecule has 1 N–H and O–H groups in total. The first-order valence-corrected chi connectivity index (χ1v) is 7.10. The Morgan fingerprint density at radius 3 is 2.56 bits per heavy atom. The van der Waals surface area contributed by atoms with Crippen LogP contribution in [0, 0.1) is 18.8 Å². The van der Waals surface area contributed by atoms with Gasteiger partial charge in [-0.05, 0) is 38.0 Å². The largest absolute Gasteiger partial charge is 0.308 e. The van der Waals surface area contributed by atoms with E-state index >= 15 is 0 Å². The highest BCUT2D eigenvalue weighted by Gasteiger charge is 2.23. The minimum atomic E-state index is 0.697. The predicted octanol–water partition coefficient (Wildman–Crippen LogP) is 3.37. The third-order valence-corrected chi connectivity index (χ3v) is 4.30. The van der Waals surface area contributed by atoms with E-state index in [2.05, 4.69) is 31.1 Å². The van der Waals surface area contributed by atoms with Crippen molar-refractivity contribution < 1.29 is 0 Å². The molecule has 2 rings (SSSR count). The lowest BCUT2D eigenvalue weighted by Gasteiger charge is -2.31. The molecule has 2 nitrogen and oxygen atoms in total. The number of nitrogens with zero attached hydrogens (tertiary/aromatic N) is 1. The Kier molecular flexibility index (Phi) is 3.98. The summed E-state index contributed by atoms with van der Waals surface area (Å²) in [4.78, 5) is 5.70. The number of aryl methyl sites for hydroxylation is 1. The summed E-state index contributed by atoms with van der Waals surface area (Å²) >= 11 is 1.80. The molecule has 0 radical (unpaired) electrons. The molecule has 0 amide bonds. The Morgan fingerprint density at radius 1 is 1.31 bits per heavy atom. The number of rotatable bonds is 3. The van der Waals surface area contributed by atoms with Gasteiger partial charge in [0.25, 0.3) is 0 Å². The Balaban J connectivity index is 1.81. The second-order valence-corrected chi connectivity index (χ2v) is 6.68. The summed E-state index contributed by atoms with van der Waals surface area (Å²) in [5.74, 6) is 1.75.